The maximum atomic E-state index is 9.32. The molecule has 0 aliphatic carbocycles. The maximum absolute atomic E-state index is 9.32. The molecule has 13 heavy (non-hydrogen) atoms. The van der Waals surface area contributed by atoms with Crippen LogP contribution in [-0.2, 0) is 11.3 Å². The van der Waals surface area contributed by atoms with Crippen LogP contribution in [0.5, 0.6) is 5.75 Å². The van der Waals surface area contributed by atoms with Gasteiger partial charge in [-0.25, -0.2) is 0 Å². The number of aromatic hydroxyl groups is 1. The van der Waals surface area contributed by atoms with Gasteiger partial charge in [0.1, 0.15) is 5.75 Å². The van der Waals surface area contributed by atoms with E-state index in [0.717, 1.165) is 5.56 Å². The first kappa shape index (κ1) is 9.74. The van der Waals surface area contributed by atoms with E-state index < -0.39 is 0 Å². The van der Waals surface area contributed by atoms with Crippen LogP contribution in [0.25, 0.3) is 0 Å². The number of rotatable bonds is 4. The van der Waals surface area contributed by atoms with Gasteiger partial charge in [-0.15, -0.1) is 6.58 Å². The molecule has 0 unspecified atom stereocenters. The average molecular weight is 179 g/mol. The van der Waals surface area contributed by atoms with E-state index in [1.54, 1.807) is 25.3 Å². The van der Waals surface area contributed by atoms with E-state index in [1.807, 2.05) is 0 Å². The molecule has 3 nitrogen and oxygen atoms in total. The molecule has 0 saturated heterocycles. The molecule has 0 amide bonds. The summed E-state index contributed by atoms with van der Waals surface area (Å²) in [5.74, 6) is 0.208. The van der Waals surface area contributed by atoms with E-state index in [9.17, 15) is 5.11 Å². The summed E-state index contributed by atoms with van der Waals surface area (Å²) < 4.78 is 5.19. The standard InChI is InChI=1S/C10H13NO2/c1-3-4-13-7-9-5-10(12)8(2)11-6-9/h3,5-6,12H,1,4,7H2,2H3. The smallest absolute Gasteiger partial charge is 0.137 e. The fourth-order valence-corrected chi connectivity index (χ4v) is 0.902. The quantitative estimate of drug-likeness (QED) is 0.566. The molecule has 0 spiro atoms. The molecule has 1 N–H and O–H groups in total. The molecule has 0 fully saturated rings. The molecule has 0 aliphatic heterocycles. The molecule has 0 bridgehead atoms. The molecule has 1 rings (SSSR count). The fourth-order valence-electron chi connectivity index (χ4n) is 0.902. The van der Waals surface area contributed by atoms with Crippen molar-refractivity contribution in [2.24, 2.45) is 0 Å². The van der Waals surface area contributed by atoms with E-state index in [1.165, 1.54) is 0 Å². The second kappa shape index (κ2) is 4.62. The largest absolute Gasteiger partial charge is 0.506 e. The van der Waals surface area contributed by atoms with Crippen molar-refractivity contribution < 1.29 is 9.84 Å². The second-order valence-electron chi connectivity index (χ2n) is 2.75. The zero-order valence-electron chi connectivity index (χ0n) is 7.66. The summed E-state index contributed by atoms with van der Waals surface area (Å²) in [6.45, 7) is 6.25. The minimum atomic E-state index is 0.208. The Bertz CT molecular complexity index is 297. The van der Waals surface area contributed by atoms with Gasteiger partial charge in [-0.05, 0) is 18.6 Å². The number of aryl methyl sites for hydroxylation is 1. The summed E-state index contributed by atoms with van der Waals surface area (Å²) >= 11 is 0. The molecule has 0 atom stereocenters. The zero-order chi connectivity index (χ0) is 9.68. The molecular weight excluding hydrogens is 166 g/mol. The summed E-state index contributed by atoms with van der Waals surface area (Å²) in [5.41, 5.74) is 1.50. The normalized spacial score (nSPS) is 9.92. The van der Waals surface area contributed by atoms with Crippen molar-refractivity contribution >= 4 is 0 Å². The Hall–Kier alpha value is -1.35. The molecule has 1 heterocycles. The third kappa shape index (κ3) is 2.87. The minimum Gasteiger partial charge on any atom is -0.506 e. The minimum absolute atomic E-state index is 0.208. The van der Waals surface area contributed by atoms with Crippen LogP contribution in [0.4, 0.5) is 0 Å². The molecule has 70 valence electrons. The van der Waals surface area contributed by atoms with E-state index in [-0.39, 0.29) is 5.75 Å². The van der Waals surface area contributed by atoms with Gasteiger partial charge in [0.2, 0.25) is 0 Å². The van der Waals surface area contributed by atoms with E-state index in [0.29, 0.717) is 18.9 Å². The Morgan fingerprint density at radius 3 is 3.08 bits per heavy atom. The molecular formula is C10H13NO2. The lowest BCUT2D eigenvalue weighted by atomic mass is 10.2. The molecule has 0 aromatic carbocycles. The lowest BCUT2D eigenvalue weighted by molar-refractivity contribution is 0.148. The Labute approximate surface area is 77.7 Å². The molecule has 3 heteroatoms. The van der Waals surface area contributed by atoms with Crippen molar-refractivity contribution in [3.05, 3.63) is 36.2 Å². The third-order valence-corrected chi connectivity index (χ3v) is 1.62. The highest BCUT2D eigenvalue weighted by molar-refractivity contribution is 5.28. The van der Waals surface area contributed by atoms with Crippen molar-refractivity contribution in [2.45, 2.75) is 13.5 Å². The Kier molecular flexibility index (Phi) is 3.46. The van der Waals surface area contributed by atoms with Gasteiger partial charge in [0.25, 0.3) is 0 Å². The van der Waals surface area contributed by atoms with Crippen molar-refractivity contribution in [1.29, 1.82) is 0 Å². The highest BCUT2D eigenvalue weighted by atomic mass is 16.5. The summed E-state index contributed by atoms with van der Waals surface area (Å²) in [4.78, 5) is 4.00. The lowest BCUT2D eigenvalue weighted by Gasteiger charge is -2.03. The highest BCUT2D eigenvalue weighted by Gasteiger charge is 1.98. The monoisotopic (exact) mass is 179 g/mol. The number of aromatic nitrogens is 1. The molecule has 0 radical (unpaired) electrons. The van der Waals surface area contributed by atoms with Gasteiger partial charge in [0.05, 0.1) is 18.9 Å². The molecule has 0 aliphatic rings. The number of pyridine rings is 1. The summed E-state index contributed by atoms with van der Waals surface area (Å²) in [6, 6.07) is 1.66. The summed E-state index contributed by atoms with van der Waals surface area (Å²) in [6.07, 6.45) is 3.37. The van der Waals surface area contributed by atoms with Crippen molar-refractivity contribution in [2.75, 3.05) is 6.61 Å². The molecule has 1 aromatic rings. The van der Waals surface area contributed by atoms with Gasteiger partial charge in [-0.3, -0.25) is 4.98 Å². The van der Waals surface area contributed by atoms with Crippen LogP contribution in [0.1, 0.15) is 11.3 Å². The van der Waals surface area contributed by atoms with Gasteiger partial charge in [-0.1, -0.05) is 6.08 Å². The molecule has 0 saturated carbocycles. The van der Waals surface area contributed by atoms with Crippen LogP contribution in [-0.4, -0.2) is 16.7 Å². The van der Waals surface area contributed by atoms with Crippen LogP contribution in [0, 0.1) is 6.92 Å². The van der Waals surface area contributed by atoms with Crippen molar-refractivity contribution in [3.63, 3.8) is 0 Å². The Morgan fingerprint density at radius 2 is 2.46 bits per heavy atom. The number of hydrogen-bond donors (Lipinski definition) is 1. The zero-order valence-corrected chi connectivity index (χ0v) is 7.66. The van der Waals surface area contributed by atoms with E-state index in [4.69, 9.17) is 4.74 Å². The van der Waals surface area contributed by atoms with Gasteiger partial charge in [-0.2, -0.15) is 0 Å². The van der Waals surface area contributed by atoms with E-state index >= 15 is 0 Å². The first-order valence-corrected chi connectivity index (χ1v) is 4.07. The Morgan fingerprint density at radius 1 is 1.69 bits per heavy atom. The first-order chi connectivity index (χ1) is 6.24. The van der Waals surface area contributed by atoms with Gasteiger partial charge in [0, 0.05) is 6.20 Å². The van der Waals surface area contributed by atoms with Gasteiger partial charge in [0.15, 0.2) is 0 Å². The lowest BCUT2D eigenvalue weighted by Crippen LogP contribution is -1.94. The number of nitrogens with zero attached hydrogens (tertiary/aromatic N) is 1. The van der Waals surface area contributed by atoms with E-state index in [2.05, 4.69) is 11.6 Å². The summed E-state index contributed by atoms with van der Waals surface area (Å²) in [7, 11) is 0. The van der Waals surface area contributed by atoms with Gasteiger partial charge >= 0.3 is 0 Å². The van der Waals surface area contributed by atoms with Crippen LogP contribution in [0.2, 0.25) is 0 Å². The Balaban J connectivity index is 2.57. The maximum Gasteiger partial charge on any atom is 0.137 e. The summed E-state index contributed by atoms with van der Waals surface area (Å²) in [5, 5.41) is 9.32. The topological polar surface area (TPSA) is 42.4 Å². The number of ether oxygens (including phenoxy) is 1. The number of hydrogen-bond acceptors (Lipinski definition) is 3. The predicted octanol–water partition coefficient (Wildman–Crippen LogP) is 1.80. The van der Waals surface area contributed by atoms with Crippen LogP contribution in [0.3, 0.4) is 0 Å². The van der Waals surface area contributed by atoms with Crippen molar-refractivity contribution in [1.82, 2.24) is 4.98 Å². The fraction of sp³-hybridized carbons (Fsp3) is 0.300. The van der Waals surface area contributed by atoms with Gasteiger partial charge < -0.3 is 9.84 Å². The van der Waals surface area contributed by atoms with Crippen molar-refractivity contribution in [3.8, 4) is 5.75 Å². The van der Waals surface area contributed by atoms with Crippen LogP contribution >= 0.6 is 0 Å². The average Bonchev–Trinajstić information content (AvgIpc) is 2.12. The first-order valence-electron chi connectivity index (χ1n) is 4.07. The van der Waals surface area contributed by atoms with Crippen LogP contribution in [0.15, 0.2) is 24.9 Å². The third-order valence-electron chi connectivity index (χ3n) is 1.62. The predicted molar refractivity (Wildman–Crippen MR) is 50.5 cm³/mol. The second-order valence-corrected chi connectivity index (χ2v) is 2.75. The SMILES string of the molecule is C=CCOCc1cnc(C)c(O)c1. The molecule has 1 aromatic heterocycles. The highest BCUT2D eigenvalue weighted by Crippen LogP contribution is 2.14. The van der Waals surface area contributed by atoms with Crippen LogP contribution < -0.4 is 0 Å².